The van der Waals surface area contributed by atoms with Crippen LogP contribution >= 0.6 is 11.3 Å². The molecule has 0 saturated carbocycles. The molecule has 6 nitrogen and oxygen atoms in total. The summed E-state index contributed by atoms with van der Waals surface area (Å²) in [6.07, 6.45) is 0. The van der Waals surface area contributed by atoms with Crippen molar-refractivity contribution in [2.45, 2.75) is 13.1 Å². The van der Waals surface area contributed by atoms with Crippen LogP contribution in [0.3, 0.4) is 0 Å². The van der Waals surface area contributed by atoms with E-state index in [-0.39, 0.29) is 10.9 Å². The first-order chi connectivity index (χ1) is 10.5. The number of nitrogens with one attached hydrogen (secondary N) is 1. The molecule has 1 N–H and O–H groups in total. The Labute approximate surface area is 132 Å². The second-order valence-electron chi connectivity index (χ2n) is 5.13. The Bertz CT molecular complexity index is 665. The minimum absolute atomic E-state index is 0.0295. The third kappa shape index (κ3) is 4.37. The molecule has 1 heterocycles. The molecule has 0 radical (unpaired) electrons. The van der Waals surface area contributed by atoms with Crippen molar-refractivity contribution in [3.8, 4) is 0 Å². The predicted molar refractivity (Wildman–Crippen MR) is 86.0 cm³/mol. The Hall–Kier alpha value is -2.25. The zero-order valence-electron chi connectivity index (χ0n) is 12.4. The van der Waals surface area contributed by atoms with E-state index < -0.39 is 4.92 Å². The van der Waals surface area contributed by atoms with E-state index in [1.54, 1.807) is 0 Å². The number of nitrogens with zero attached hydrogens (tertiary/aromatic N) is 2. The van der Waals surface area contributed by atoms with Crippen molar-refractivity contribution in [1.82, 2.24) is 10.2 Å². The van der Waals surface area contributed by atoms with Crippen molar-refractivity contribution in [3.63, 3.8) is 0 Å². The molecule has 0 saturated heterocycles. The quantitative estimate of drug-likeness (QED) is 0.656. The fourth-order valence-corrected chi connectivity index (χ4v) is 2.68. The van der Waals surface area contributed by atoms with E-state index in [2.05, 4.69) is 10.2 Å². The van der Waals surface area contributed by atoms with Gasteiger partial charge in [0.2, 0.25) is 0 Å². The Balaban J connectivity index is 1.91. The molecule has 7 heteroatoms. The van der Waals surface area contributed by atoms with Crippen LogP contribution in [0.25, 0.3) is 0 Å². The first-order valence-corrected chi connectivity index (χ1v) is 7.52. The van der Waals surface area contributed by atoms with Gasteiger partial charge < -0.3 is 10.2 Å². The second-order valence-corrected chi connectivity index (χ2v) is 6.19. The van der Waals surface area contributed by atoms with E-state index in [9.17, 15) is 14.9 Å². The van der Waals surface area contributed by atoms with Gasteiger partial charge in [-0.2, -0.15) is 0 Å². The highest BCUT2D eigenvalue weighted by atomic mass is 32.1. The maximum absolute atomic E-state index is 11.9. The van der Waals surface area contributed by atoms with Crippen molar-refractivity contribution in [3.05, 3.63) is 62.5 Å². The Kier molecular flexibility index (Phi) is 5.24. The van der Waals surface area contributed by atoms with Gasteiger partial charge >= 0.3 is 5.00 Å². The van der Waals surface area contributed by atoms with Crippen LogP contribution in [0.5, 0.6) is 0 Å². The zero-order valence-corrected chi connectivity index (χ0v) is 13.2. The summed E-state index contributed by atoms with van der Waals surface area (Å²) in [4.78, 5) is 24.5. The average molecular weight is 319 g/mol. The van der Waals surface area contributed by atoms with Crippen LogP contribution in [0.2, 0.25) is 0 Å². The lowest BCUT2D eigenvalue weighted by molar-refractivity contribution is -0.380. The van der Waals surface area contributed by atoms with Crippen molar-refractivity contribution < 1.29 is 9.72 Å². The van der Waals surface area contributed by atoms with Crippen LogP contribution in [0, 0.1) is 10.1 Å². The van der Waals surface area contributed by atoms with Gasteiger partial charge in [-0.25, -0.2) is 0 Å². The van der Waals surface area contributed by atoms with Gasteiger partial charge in [-0.05, 0) is 31.3 Å². The summed E-state index contributed by atoms with van der Waals surface area (Å²) in [5, 5.41) is 13.3. The molecule has 0 aliphatic rings. The number of hydrogen-bond donors (Lipinski definition) is 1. The van der Waals surface area contributed by atoms with Gasteiger partial charge in [0.25, 0.3) is 5.91 Å². The number of rotatable bonds is 6. The standard InChI is InChI=1S/C15H17N3O3S/c1-17(2)10-12-5-3-11(4-6-12)9-16-15(19)13-7-8-14(22-13)18(20)21/h3-8H,9-10H2,1-2H3,(H,16,19). The molecular formula is C15H17N3O3S. The minimum atomic E-state index is -0.495. The lowest BCUT2D eigenvalue weighted by Crippen LogP contribution is -2.21. The molecule has 0 unspecified atom stereocenters. The molecule has 1 aromatic heterocycles. The van der Waals surface area contributed by atoms with E-state index in [1.807, 2.05) is 38.4 Å². The number of carbonyl (C=O) groups excluding carboxylic acids is 1. The number of hydrogen-bond acceptors (Lipinski definition) is 5. The summed E-state index contributed by atoms with van der Waals surface area (Å²) in [6, 6.07) is 10.8. The number of carbonyl (C=O) groups is 1. The number of benzene rings is 1. The molecule has 2 aromatic rings. The highest BCUT2D eigenvalue weighted by Crippen LogP contribution is 2.23. The summed E-state index contributed by atoms with van der Waals surface area (Å²) >= 11 is 0.877. The Morgan fingerprint density at radius 3 is 2.36 bits per heavy atom. The number of thiophene rings is 1. The van der Waals surface area contributed by atoms with E-state index >= 15 is 0 Å². The van der Waals surface area contributed by atoms with E-state index in [4.69, 9.17) is 0 Å². The SMILES string of the molecule is CN(C)Cc1ccc(CNC(=O)c2ccc([N+](=O)[O-])s2)cc1. The van der Waals surface area contributed by atoms with Crippen molar-refractivity contribution >= 4 is 22.2 Å². The monoisotopic (exact) mass is 319 g/mol. The van der Waals surface area contributed by atoms with E-state index in [0.29, 0.717) is 11.4 Å². The molecule has 1 aromatic carbocycles. The van der Waals surface area contributed by atoms with Crippen LogP contribution in [0.1, 0.15) is 20.8 Å². The molecular weight excluding hydrogens is 302 g/mol. The first-order valence-electron chi connectivity index (χ1n) is 6.70. The van der Waals surface area contributed by atoms with Crippen LogP contribution in [0.15, 0.2) is 36.4 Å². The molecule has 116 valence electrons. The van der Waals surface area contributed by atoms with Crippen LogP contribution in [-0.2, 0) is 13.1 Å². The first kappa shape index (κ1) is 16.1. The minimum Gasteiger partial charge on any atom is -0.347 e. The summed E-state index contributed by atoms with van der Waals surface area (Å²) in [5.41, 5.74) is 2.19. The summed E-state index contributed by atoms with van der Waals surface area (Å²) in [5.74, 6) is -0.296. The van der Waals surface area contributed by atoms with Gasteiger partial charge in [-0.3, -0.25) is 14.9 Å². The van der Waals surface area contributed by atoms with E-state index in [1.165, 1.54) is 17.7 Å². The molecule has 0 bridgehead atoms. The lowest BCUT2D eigenvalue weighted by atomic mass is 10.1. The fraction of sp³-hybridized carbons (Fsp3) is 0.267. The van der Waals surface area contributed by atoms with Crippen LogP contribution in [0.4, 0.5) is 5.00 Å². The normalized spacial score (nSPS) is 10.7. The molecule has 0 aliphatic carbocycles. The molecule has 1 amide bonds. The van der Waals surface area contributed by atoms with Gasteiger partial charge in [-0.15, -0.1) is 0 Å². The Morgan fingerprint density at radius 1 is 1.18 bits per heavy atom. The van der Waals surface area contributed by atoms with Crippen molar-refractivity contribution in [2.24, 2.45) is 0 Å². The molecule has 0 spiro atoms. The molecule has 22 heavy (non-hydrogen) atoms. The maximum Gasteiger partial charge on any atom is 0.324 e. The predicted octanol–water partition coefficient (Wildman–Crippen LogP) is 2.65. The molecule has 0 atom stereocenters. The fourth-order valence-electron chi connectivity index (χ4n) is 1.94. The Morgan fingerprint density at radius 2 is 1.82 bits per heavy atom. The molecule has 0 fully saturated rings. The van der Waals surface area contributed by atoms with Gasteiger partial charge in [0, 0.05) is 19.2 Å². The molecule has 0 aliphatic heterocycles. The molecule has 2 rings (SSSR count). The topological polar surface area (TPSA) is 75.5 Å². The van der Waals surface area contributed by atoms with Crippen molar-refractivity contribution in [2.75, 3.05) is 14.1 Å². The van der Waals surface area contributed by atoms with E-state index in [0.717, 1.165) is 23.4 Å². The van der Waals surface area contributed by atoms with Crippen LogP contribution in [-0.4, -0.2) is 29.8 Å². The van der Waals surface area contributed by atoms with Gasteiger partial charge in [0.15, 0.2) is 0 Å². The second kappa shape index (κ2) is 7.15. The number of nitro groups is 1. The van der Waals surface area contributed by atoms with Gasteiger partial charge in [-0.1, -0.05) is 35.6 Å². The third-order valence-corrected chi connectivity index (χ3v) is 4.01. The smallest absolute Gasteiger partial charge is 0.324 e. The third-order valence-electron chi connectivity index (χ3n) is 2.97. The zero-order chi connectivity index (χ0) is 16.1. The summed E-state index contributed by atoms with van der Waals surface area (Å²) in [6.45, 7) is 1.26. The van der Waals surface area contributed by atoms with Crippen molar-refractivity contribution in [1.29, 1.82) is 0 Å². The lowest BCUT2D eigenvalue weighted by Gasteiger charge is -2.10. The largest absolute Gasteiger partial charge is 0.347 e. The average Bonchev–Trinajstić information content (AvgIpc) is 2.96. The maximum atomic E-state index is 11.9. The highest BCUT2D eigenvalue weighted by Gasteiger charge is 2.14. The summed E-state index contributed by atoms with van der Waals surface area (Å²) in [7, 11) is 4.02. The summed E-state index contributed by atoms with van der Waals surface area (Å²) < 4.78 is 0. The van der Waals surface area contributed by atoms with Gasteiger partial charge in [0.05, 0.1) is 9.80 Å². The number of amides is 1. The van der Waals surface area contributed by atoms with Crippen LogP contribution < -0.4 is 5.32 Å². The van der Waals surface area contributed by atoms with Gasteiger partial charge in [0.1, 0.15) is 0 Å². The highest BCUT2D eigenvalue weighted by molar-refractivity contribution is 7.17.